The van der Waals surface area contributed by atoms with Crippen molar-refractivity contribution in [1.82, 2.24) is 9.88 Å². The molecule has 0 radical (unpaired) electrons. The summed E-state index contributed by atoms with van der Waals surface area (Å²) < 4.78 is 11.2. The lowest BCUT2D eigenvalue weighted by Gasteiger charge is -2.37. The zero-order valence-corrected chi connectivity index (χ0v) is 33.1. The van der Waals surface area contributed by atoms with Crippen LogP contribution in [0.5, 0.6) is 11.5 Å². The molecule has 272 valence electrons. The molecular weight excluding hydrogens is 615 g/mol. The molecule has 1 fully saturated rings. The van der Waals surface area contributed by atoms with Crippen molar-refractivity contribution in [2.24, 2.45) is 0 Å². The van der Waals surface area contributed by atoms with E-state index >= 15 is 0 Å². The highest BCUT2D eigenvalue weighted by molar-refractivity contribution is 5.64. The minimum atomic E-state index is 0.219. The molecule has 5 rings (SSSR count). The molecule has 5 nitrogen and oxygen atoms in total. The first kappa shape index (κ1) is 40.6. The second-order valence-corrected chi connectivity index (χ2v) is 15.1. The van der Waals surface area contributed by atoms with Crippen molar-refractivity contribution in [3.05, 3.63) is 108 Å². The Morgan fingerprint density at radius 3 is 1.20 bits per heavy atom. The SMILES string of the molecule is CC(C)Oc1ccc(-c2ccc(C(C)C)cc2)cc1.CC(C)Oc1ccc(C(C)C)cc1.CC(C)c1ccc(N2CCN(C(C)C)CC2)nc1. The van der Waals surface area contributed by atoms with Gasteiger partial charge < -0.3 is 14.4 Å². The Balaban J connectivity index is 0.000000207. The molecule has 0 atom stereocenters. The van der Waals surface area contributed by atoms with E-state index in [1.165, 1.54) is 27.8 Å². The van der Waals surface area contributed by atoms with Gasteiger partial charge in [-0.1, -0.05) is 96.1 Å². The van der Waals surface area contributed by atoms with Crippen LogP contribution < -0.4 is 14.4 Å². The van der Waals surface area contributed by atoms with E-state index in [-0.39, 0.29) is 12.2 Å². The molecule has 3 aromatic carbocycles. The maximum atomic E-state index is 5.66. The van der Waals surface area contributed by atoms with Gasteiger partial charge >= 0.3 is 0 Å². The maximum absolute atomic E-state index is 5.66. The number of piperazine rings is 1. The fourth-order valence-corrected chi connectivity index (χ4v) is 5.66. The average Bonchev–Trinajstić information content (AvgIpc) is 3.09. The molecule has 2 heterocycles. The van der Waals surface area contributed by atoms with Crippen LogP contribution in [0.1, 0.15) is 118 Å². The summed E-state index contributed by atoms with van der Waals surface area (Å²) in [6.45, 7) is 30.4. The van der Waals surface area contributed by atoms with Gasteiger partial charge in [-0.2, -0.15) is 0 Å². The molecular formula is C45H65N3O2. The van der Waals surface area contributed by atoms with E-state index < -0.39 is 0 Å². The van der Waals surface area contributed by atoms with E-state index in [1.54, 1.807) is 0 Å². The van der Waals surface area contributed by atoms with Crippen LogP contribution in [0.4, 0.5) is 5.82 Å². The van der Waals surface area contributed by atoms with E-state index in [2.05, 4.69) is 131 Å². The van der Waals surface area contributed by atoms with E-state index in [0.29, 0.717) is 23.8 Å². The van der Waals surface area contributed by atoms with Gasteiger partial charge in [0.25, 0.3) is 0 Å². The molecule has 0 aliphatic carbocycles. The van der Waals surface area contributed by atoms with E-state index in [0.717, 1.165) is 43.5 Å². The van der Waals surface area contributed by atoms with Crippen LogP contribution in [0.15, 0.2) is 91.1 Å². The summed E-state index contributed by atoms with van der Waals surface area (Å²) in [6, 6.07) is 30.4. The lowest BCUT2D eigenvalue weighted by Crippen LogP contribution is -2.49. The Bertz CT molecular complexity index is 1480. The van der Waals surface area contributed by atoms with Crippen LogP contribution in [-0.2, 0) is 0 Å². The van der Waals surface area contributed by atoms with Crippen molar-refractivity contribution >= 4 is 5.82 Å². The van der Waals surface area contributed by atoms with Gasteiger partial charge in [-0.05, 0) is 117 Å². The van der Waals surface area contributed by atoms with E-state index in [4.69, 9.17) is 9.47 Å². The Morgan fingerprint density at radius 1 is 0.460 bits per heavy atom. The second kappa shape index (κ2) is 20.1. The van der Waals surface area contributed by atoms with Gasteiger partial charge in [-0.25, -0.2) is 4.98 Å². The first-order chi connectivity index (χ1) is 23.7. The monoisotopic (exact) mass is 680 g/mol. The van der Waals surface area contributed by atoms with Gasteiger partial charge in [-0.15, -0.1) is 0 Å². The molecule has 0 saturated carbocycles. The molecule has 5 heteroatoms. The number of rotatable bonds is 10. The summed E-state index contributed by atoms with van der Waals surface area (Å²) in [7, 11) is 0. The minimum Gasteiger partial charge on any atom is -0.491 e. The molecule has 1 aliphatic rings. The minimum absolute atomic E-state index is 0.219. The van der Waals surface area contributed by atoms with Crippen LogP contribution in [0, 0.1) is 0 Å². The predicted molar refractivity (Wildman–Crippen MR) is 215 cm³/mol. The zero-order chi connectivity index (χ0) is 36.8. The highest BCUT2D eigenvalue weighted by Gasteiger charge is 2.19. The average molecular weight is 680 g/mol. The van der Waals surface area contributed by atoms with Gasteiger partial charge in [0.05, 0.1) is 12.2 Å². The first-order valence-corrected chi connectivity index (χ1v) is 18.8. The Hall–Kier alpha value is -3.83. The van der Waals surface area contributed by atoms with Gasteiger partial charge in [0.2, 0.25) is 0 Å². The van der Waals surface area contributed by atoms with Gasteiger partial charge in [0.1, 0.15) is 17.3 Å². The molecule has 0 spiro atoms. The highest BCUT2D eigenvalue weighted by atomic mass is 16.5. The van der Waals surface area contributed by atoms with Crippen molar-refractivity contribution in [3.63, 3.8) is 0 Å². The number of ether oxygens (including phenoxy) is 2. The van der Waals surface area contributed by atoms with Crippen molar-refractivity contribution < 1.29 is 9.47 Å². The van der Waals surface area contributed by atoms with Crippen molar-refractivity contribution in [3.8, 4) is 22.6 Å². The molecule has 1 aliphatic heterocycles. The number of pyridine rings is 1. The van der Waals surface area contributed by atoms with Crippen molar-refractivity contribution in [2.45, 2.75) is 119 Å². The molecule has 0 unspecified atom stereocenters. The van der Waals surface area contributed by atoms with Crippen LogP contribution in [0.3, 0.4) is 0 Å². The number of anilines is 1. The molecule has 0 bridgehead atoms. The molecule has 0 amide bonds. The van der Waals surface area contributed by atoms with Crippen molar-refractivity contribution in [1.29, 1.82) is 0 Å². The number of benzene rings is 3. The fraction of sp³-hybridized carbons (Fsp3) is 0.489. The normalized spacial score (nSPS) is 13.4. The smallest absolute Gasteiger partial charge is 0.128 e. The van der Waals surface area contributed by atoms with Gasteiger partial charge in [-0.3, -0.25) is 4.90 Å². The molecule has 50 heavy (non-hydrogen) atoms. The summed E-state index contributed by atoms with van der Waals surface area (Å²) >= 11 is 0. The van der Waals surface area contributed by atoms with E-state index in [9.17, 15) is 0 Å². The Labute approximate surface area is 305 Å². The maximum Gasteiger partial charge on any atom is 0.128 e. The number of hydrogen-bond acceptors (Lipinski definition) is 5. The summed E-state index contributed by atoms with van der Waals surface area (Å²) in [6.07, 6.45) is 2.50. The van der Waals surface area contributed by atoms with Crippen LogP contribution in [0.2, 0.25) is 0 Å². The third kappa shape index (κ3) is 13.5. The topological polar surface area (TPSA) is 37.8 Å². The van der Waals surface area contributed by atoms with Crippen LogP contribution >= 0.6 is 0 Å². The summed E-state index contributed by atoms with van der Waals surface area (Å²) in [5, 5.41) is 0. The largest absolute Gasteiger partial charge is 0.491 e. The number of hydrogen-bond donors (Lipinski definition) is 0. The zero-order valence-electron chi connectivity index (χ0n) is 33.1. The summed E-state index contributed by atoms with van der Waals surface area (Å²) in [4.78, 5) is 9.52. The molecule has 1 aromatic heterocycles. The summed E-state index contributed by atoms with van der Waals surface area (Å²) in [5.74, 6) is 4.74. The quantitative estimate of drug-likeness (QED) is 0.167. The standard InChI is InChI=1S/C18H22O.C15H25N3.C12H18O/c1-13(2)15-5-7-16(8-6-15)17-9-11-18(12-10-17)19-14(3)4;1-12(2)14-5-6-15(16-11-14)18-9-7-17(8-10-18)13(3)4;1-9(2)11-5-7-12(8-6-11)13-10(3)4/h5-14H,1-4H3;5-6,11-13H,7-10H2,1-4H3;5-10H,1-4H3. The Kier molecular flexibility index (Phi) is 16.3. The van der Waals surface area contributed by atoms with Crippen LogP contribution in [0.25, 0.3) is 11.1 Å². The second-order valence-electron chi connectivity index (χ2n) is 15.1. The summed E-state index contributed by atoms with van der Waals surface area (Å²) in [5.41, 5.74) is 6.53. The first-order valence-electron chi connectivity index (χ1n) is 18.8. The van der Waals surface area contributed by atoms with Gasteiger partial charge in [0.15, 0.2) is 0 Å². The van der Waals surface area contributed by atoms with Crippen molar-refractivity contribution in [2.75, 3.05) is 31.1 Å². The van der Waals surface area contributed by atoms with Crippen LogP contribution in [-0.4, -0.2) is 54.3 Å². The lowest BCUT2D eigenvalue weighted by molar-refractivity contribution is 0.209. The lowest BCUT2D eigenvalue weighted by atomic mass is 9.99. The number of nitrogens with zero attached hydrogens (tertiary/aromatic N) is 3. The van der Waals surface area contributed by atoms with E-state index in [1.807, 2.05) is 58.2 Å². The molecule has 4 aromatic rings. The highest BCUT2D eigenvalue weighted by Crippen LogP contribution is 2.25. The third-order valence-electron chi connectivity index (χ3n) is 8.86. The fourth-order valence-electron chi connectivity index (χ4n) is 5.66. The predicted octanol–water partition coefficient (Wildman–Crippen LogP) is 11.6. The molecule has 1 saturated heterocycles. The molecule has 0 N–H and O–H groups in total. The van der Waals surface area contributed by atoms with Gasteiger partial charge in [0, 0.05) is 38.4 Å². The Morgan fingerprint density at radius 2 is 0.840 bits per heavy atom. The third-order valence-corrected chi connectivity index (χ3v) is 8.86. The number of aromatic nitrogens is 1.